The van der Waals surface area contributed by atoms with Crippen LogP contribution in [0.2, 0.25) is 5.02 Å². The molecule has 0 heterocycles. The van der Waals surface area contributed by atoms with Gasteiger partial charge < -0.3 is 15.4 Å². The molecule has 6 heteroatoms. The first-order valence-electron chi connectivity index (χ1n) is 7.99. The van der Waals surface area contributed by atoms with Gasteiger partial charge in [-0.15, -0.1) is 0 Å². The number of anilines is 1. The molecule has 0 aromatic heterocycles. The predicted octanol–water partition coefficient (Wildman–Crippen LogP) is 4.53. The van der Waals surface area contributed by atoms with Crippen molar-refractivity contribution in [2.75, 3.05) is 11.9 Å². The number of thiocarbonyl (C=S) groups is 1. The van der Waals surface area contributed by atoms with Crippen molar-refractivity contribution in [1.82, 2.24) is 5.32 Å². The minimum atomic E-state index is -0.417. The summed E-state index contributed by atoms with van der Waals surface area (Å²) in [5.74, 6) is -0.417. The summed E-state index contributed by atoms with van der Waals surface area (Å²) >= 11 is 11.6. The zero-order chi connectivity index (χ0) is 16.9. The van der Waals surface area contributed by atoms with Crippen molar-refractivity contribution in [1.29, 1.82) is 0 Å². The average molecular weight is 355 g/mol. The monoisotopic (exact) mass is 354 g/mol. The average Bonchev–Trinajstić information content (AvgIpc) is 2.47. The van der Waals surface area contributed by atoms with Crippen molar-refractivity contribution in [3.05, 3.63) is 28.8 Å². The quantitative estimate of drug-likeness (QED) is 0.614. The third-order valence-electron chi connectivity index (χ3n) is 4.09. The molecule has 0 spiro atoms. The molecule has 1 aromatic rings. The number of carbonyl (C=O) groups excluding carboxylic acids is 1. The molecule has 1 aliphatic carbocycles. The lowest BCUT2D eigenvalue weighted by molar-refractivity contribution is 0.0526. The van der Waals surface area contributed by atoms with Crippen molar-refractivity contribution >= 4 is 40.6 Å². The summed E-state index contributed by atoms with van der Waals surface area (Å²) in [6.45, 7) is 4.29. The number of halogens is 1. The summed E-state index contributed by atoms with van der Waals surface area (Å²) in [6, 6.07) is 5.11. The largest absolute Gasteiger partial charge is 0.462 e. The van der Waals surface area contributed by atoms with Crippen LogP contribution < -0.4 is 10.6 Å². The van der Waals surface area contributed by atoms with Crippen LogP contribution in [0, 0.1) is 0 Å². The summed E-state index contributed by atoms with van der Waals surface area (Å²) in [4.78, 5) is 11.7. The molecule has 0 saturated heterocycles. The summed E-state index contributed by atoms with van der Waals surface area (Å²) < 4.78 is 4.96. The van der Waals surface area contributed by atoms with Crippen LogP contribution in [0.4, 0.5) is 5.69 Å². The second-order valence-corrected chi connectivity index (χ2v) is 6.93. The number of benzene rings is 1. The number of rotatable bonds is 4. The topological polar surface area (TPSA) is 50.4 Å². The Morgan fingerprint density at radius 2 is 2.04 bits per heavy atom. The van der Waals surface area contributed by atoms with Gasteiger partial charge in [0, 0.05) is 11.2 Å². The summed E-state index contributed by atoms with van der Waals surface area (Å²) in [5, 5.41) is 7.47. The molecule has 4 nitrogen and oxygen atoms in total. The maximum absolute atomic E-state index is 11.7. The van der Waals surface area contributed by atoms with Gasteiger partial charge in [-0.25, -0.2) is 4.79 Å². The van der Waals surface area contributed by atoms with E-state index in [0.29, 0.717) is 22.3 Å². The van der Waals surface area contributed by atoms with Crippen LogP contribution in [0.15, 0.2) is 18.2 Å². The molecule has 23 heavy (non-hydrogen) atoms. The number of ether oxygens (including phenoxy) is 1. The lowest BCUT2D eigenvalue weighted by atomic mass is 9.83. The maximum Gasteiger partial charge on any atom is 0.339 e. The third kappa shape index (κ3) is 5.08. The SMILES string of the molecule is CCOC(=O)c1ccc(NC(=S)NC2(C)CCCCC2)cc1Cl. The molecule has 2 N–H and O–H groups in total. The molecule has 1 aromatic carbocycles. The molecule has 1 saturated carbocycles. The lowest BCUT2D eigenvalue weighted by Gasteiger charge is -2.35. The zero-order valence-electron chi connectivity index (χ0n) is 13.6. The first-order chi connectivity index (χ1) is 10.9. The van der Waals surface area contributed by atoms with Gasteiger partial charge in [-0.05, 0) is 57.1 Å². The number of carbonyl (C=O) groups is 1. The van der Waals surface area contributed by atoms with E-state index in [1.807, 2.05) is 0 Å². The fourth-order valence-electron chi connectivity index (χ4n) is 2.86. The van der Waals surface area contributed by atoms with Gasteiger partial charge in [0.1, 0.15) is 0 Å². The number of hydrogen-bond donors (Lipinski definition) is 2. The molecule has 0 bridgehead atoms. The Hall–Kier alpha value is -1.33. The van der Waals surface area contributed by atoms with Crippen molar-refractivity contribution in [2.24, 2.45) is 0 Å². The van der Waals surface area contributed by atoms with Gasteiger partial charge in [-0.3, -0.25) is 0 Å². The second-order valence-electron chi connectivity index (χ2n) is 6.12. The Labute approximate surface area is 147 Å². The van der Waals surface area contributed by atoms with Gasteiger partial charge in [0.2, 0.25) is 0 Å². The first kappa shape index (κ1) is 18.0. The highest BCUT2D eigenvalue weighted by atomic mass is 35.5. The minimum absolute atomic E-state index is 0.0526. The highest BCUT2D eigenvalue weighted by Crippen LogP contribution is 2.28. The molecule has 126 valence electrons. The Balaban J connectivity index is 1.98. The summed E-state index contributed by atoms with van der Waals surface area (Å²) in [7, 11) is 0. The standard InChI is InChI=1S/C17H23ClN2O2S/c1-3-22-15(21)13-8-7-12(11-14(13)18)19-16(23)20-17(2)9-5-4-6-10-17/h7-8,11H,3-6,9-10H2,1-2H3,(H2,19,20,23). The van der Waals surface area contributed by atoms with Gasteiger partial charge in [0.05, 0.1) is 17.2 Å². The molecule has 0 atom stereocenters. The first-order valence-corrected chi connectivity index (χ1v) is 8.78. The van der Waals surface area contributed by atoms with E-state index in [1.165, 1.54) is 19.3 Å². The van der Waals surface area contributed by atoms with Crippen LogP contribution in [0.5, 0.6) is 0 Å². The van der Waals surface area contributed by atoms with E-state index in [4.69, 9.17) is 28.6 Å². The van der Waals surface area contributed by atoms with Gasteiger partial charge >= 0.3 is 5.97 Å². The van der Waals surface area contributed by atoms with Crippen molar-refractivity contribution in [3.63, 3.8) is 0 Å². The normalized spacial score (nSPS) is 16.5. The Morgan fingerprint density at radius 1 is 1.35 bits per heavy atom. The van der Waals surface area contributed by atoms with Crippen molar-refractivity contribution in [2.45, 2.75) is 51.5 Å². The zero-order valence-corrected chi connectivity index (χ0v) is 15.1. The molecule has 0 radical (unpaired) electrons. The number of hydrogen-bond acceptors (Lipinski definition) is 3. The fraction of sp³-hybridized carbons (Fsp3) is 0.529. The summed E-state index contributed by atoms with van der Waals surface area (Å²) in [6.07, 6.45) is 6.00. The van der Waals surface area contributed by atoms with Crippen molar-refractivity contribution < 1.29 is 9.53 Å². The predicted molar refractivity (Wildman–Crippen MR) is 98.3 cm³/mol. The molecular weight excluding hydrogens is 332 g/mol. The summed E-state index contributed by atoms with van der Waals surface area (Å²) in [5.41, 5.74) is 1.16. The highest BCUT2D eigenvalue weighted by Gasteiger charge is 2.27. The molecule has 1 aliphatic rings. The van der Waals surface area contributed by atoms with Crippen LogP contribution in [-0.2, 0) is 4.74 Å². The smallest absolute Gasteiger partial charge is 0.339 e. The van der Waals surface area contributed by atoms with Crippen LogP contribution in [0.3, 0.4) is 0 Å². The van der Waals surface area contributed by atoms with E-state index < -0.39 is 5.97 Å². The van der Waals surface area contributed by atoms with E-state index in [0.717, 1.165) is 18.5 Å². The van der Waals surface area contributed by atoms with E-state index in [-0.39, 0.29) is 5.54 Å². The van der Waals surface area contributed by atoms with Crippen LogP contribution in [0.25, 0.3) is 0 Å². The number of nitrogens with one attached hydrogen (secondary N) is 2. The number of esters is 1. The van der Waals surface area contributed by atoms with Gasteiger partial charge in [0.15, 0.2) is 5.11 Å². The second kappa shape index (κ2) is 7.97. The van der Waals surface area contributed by atoms with E-state index in [9.17, 15) is 4.79 Å². The van der Waals surface area contributed by atoms with Gasteiger partial charge in [0.25, 0.3) is 0 Å². The Bertz CT molecular complexity index is 586. The van der Waals surface area contributed by atoms with Gasteiger partial charge in [-0.2, -0.15) is 0 Å². The van der Waals surface area contributed by atoms with E-state index in [1.54, 1.807) is 25.1 Å². The van der Waals surface area contributed by atoms with Crippen molar-refractivity contribution in [3.8, 4) is 0 Å². The highest BCUT2D eigenvalue weighted by molar-refractivity contribution is 7.80. The molecule has 1 fully saturated rings. The van der Waals surface area contributed by atoms with E-state index >= 15 is 0 Å². The van der Waals surface area contributed by atoms with E-state index in [2.05, 4.69) is 17.6 Å². The van der Waals surface area contributed by atoms with Crippen LogP contribution in [-0.4, -0.2) is 23.2 Å². The fourth-order valence-corrected chi connectivity index (χ4v) is 3.48. The Morgan fingerprint density at radius 3 is 2.65 bits per heavy atom. The molecule has 2 rings (SSSR count). The molecule has 0 amide bonds. The maximum atomic E-state index is 11.7. The van der Waals surface area contributed by atoms with Gasteiger partial charge in [-0.1, -0.05) is 30.9 Å². The lowest BCUT2D eigenvalue weighted by Crippen LogP contribution is -2.48. The molecular formula is C17H23ClN2O2S. The molecule has 0 aliphatic heterocycles. The van der Waals surface area contributed by atoms with Crippen LogP contribution >= 0.6 is 23.8 Å². The Kier molecular flexibility index (Phi) is 6.25. The molecule has 0 unspecified atom stereocenters. The minimum Gasteiger partial charge on any atom is -0.462 e. The third-order valence-corrected chi connectivity index (χ3v) is 4.61. The van der Waals surface area contributed by atoms with Crippen LogP contribution in [0.1, 0.15) is 56.3 Å².